The molecule has 4 aromatic carbocycles. The molecule has 0 aromatic heterocycles. The minimum Gasteiger partial charge on any atom is -0.478 e. The van der Waals surface area contributed by atoms with Crippen LogP contribution in [0.4, 0.5) is 11.4 Å². The van der Waals surface area contributed by atoms with Crippen LogP contribution in [0.25, 0.3) is 11.1 Å². The van der Waals surface area contributed by atoms with Gasteiger partial charge in [0.2, 0.25) is 0 Å². The first kappa shape index (κ1) is 22.2. The second-order valence-corrected chi connectivity index (χ2v) is 7.38. The lowest BCUT2D eigenvalue weighted by Gasteiger charge is -2.13. The standard InChI is InChI=1S/C26H20N2O6/c27-17-3-1-5-19(13-17)33-23-9-7-15(11-21(23)25(29)30)16-8-10-24(22(12-16)26(31)32)34-20-6-2-4-18(28)14-20/h1-14H,27-28H2,(H,29,30)(H,31,32). The number of anilines is 2. The Labute approximate surface area is 194 Å². The third kappa shape index (κ3) is 4.91. The highest BCUT2D eigenvalue weighted by Crippen LogP contribution is 2.34. The van der Waals surface area contributed by atoms with Crippen LogP contribution in [-0.2, 0) is 0 Å². The molecule has 34 heavy (non-hydrogen) atoms. The zero-order chi connectivity index (χ0) is 24.2. The second kappa shape index (κ2) is 9.25. The topological polar surface area (TPSA) is 145 Å². The highest BCUT2D eigenvalue weighted by atomic mass is 16.5. The quantitative estimate of drug-likeness (QED) is 0.267. The van der Waals surface area contributed by atoms with E-state index in [1.165, 1.54) is 24.3 Å². The molecular weight excluding hydrogens is 436 g/mol. The lowest BCUT2D eigenvalue weighted by atomic mass is 10.00. The Balaban J connectivity index is 1.69. The average Bonchev–Trinajstić information content (AvgIpc) is 2.79. The van der Waals surface area contributed by atoms with Crippen LogP contribution in [0, 0.1) is 0 Å². The van der Waals surface area contributed by atoms with E-state index in [1.54, 1.807) is 60.7 Å². The number of rotatable bonds is 7. The zero-order valence-electron chi connectivity index (χ0n) is 17.8. The first-order valence-corrected chi connectivity index (χ1v) is 10.1. The van der Waals surface area contributed by atoms with Gasteiger partial charge in [0.1, 0.15) is 34.1 Å². The number of nitrogens with two attached hydrogens (primary N) is 2. The molecule has 0 aliphatic carbocycles. The van der Waals surface area contributed by atoms with Gasteiger partial charge in [-0.2, -0.15) is 0 Å². The molecule has 6 N–H and O–H groups in total. The molecule has 0 aliphatic heterocycles. The third-order valence-corrected chi connectivity index (χ3v) is 4.93. The number of benzene rings is 4. The van der Waals surface area contributed by atoms with Gasteiger partial charge in [-0.15, -0.1) is 0 Å². The van der Waals surface area contributed by atoms with Gasteiger partial charge < -0.3 is 31.2 Å². The van der Waals surface area contributed by atoms with Gasteiger partial charge in [0.25, 0.3) is 0 Å². The van der Waals surface area contributed by atoms with E-state index in [2.05, 4.69) is 0 Å². The summed E-state index contributed by atoms with van der Waals surface area (Å²) < 4.78 is 11.4. The van der Waals surface area contributed by atoms with Crippen molar-refractivity contribution >= 4 is 23.3 Å². The van der Waals surface area contributed by atoms with E-state index in [0.29, 0.717) is 34.0 Å². The van der Waals surface area contributed by atoms with Crippen LogP contribution in [0.5, 0.6) is 23.0 Å². The van der Waals surface area contributed by atoms with Crippen LogP contribution in [-0.4, -0.2) is 22.2 Å². The number of carbonyl (C=O) groups is 2. The summed E-state index contributed by atoms with van der Waals surface area (Å²) in [5.41, 5.74) is 13.3. The first-order chi connectivity index (χ1) is 16.3. The number of carboxylic acids is 2. The van der Waals surface area contributed by atoms with Gasteiger partial charge in [0.05, 0.1) is 0 Å². The van der Waals surface area contributed by atoms with Crippen LogP contribution in [0.15, 0.2) is 84.9 Å². The third-order valence-electron chi connectivity index (χ3n) is 4.93. The Bertz CT molecular complexity index is 1290. The number of aromatic carboxylic acids is 2. The number of hydrogen-bond acceptors (Lipinski definition) is 6. The molecule has 170 valence electrons. The average molecular weight is 456 g/mol. The van der Waals surface area contributed by atoms with Gasteiger partial charge >= 0.3 is 11.9 Å². The Morgan fingerprint density at radius 2 is 1.00 bits per heavy atom. The summed E-state index contributed by atoms with van der Waals surface area (Å²) in [5.74, 6) is -1.34. The summed E-state index contributed by atoms with van der Waals surface area (Å²) in [6.45, 7) is 0. The number of carboxylic acid groups (broad SMARTS) is 2. The fourth-order valence-corrected chi connectivity index (χ4v) is 3.34. The molecule has 8 nitrogen and oxygen atoms in total. The predicted molar refractivity (Wildman–Crippen MR) is 128 cm³/mol. The molecule has 0 atom stereocenters. The minimum absolute atomic E-state index is 0.0862. The predicted octanol–water partition coefficient (Wildman–Crippen LogP) is 5.50. The Morgan fingerprint density at radius 3 is 1.35 bits per heavy atom. The summed E-state index contributed by atoms with van der Waals surface area (Å²) in [6, 6.07) is 22.4. The molecule has 0 heterocycles. The largest absolute Gasteiger partial charge is 0.478 e. The van der Waals surface area contributed by atoms with Crippen molar-refractivity contribution in [3.05, 3.63) is 96.1 Å². The van der Waals surface area contributed by atoms with Gasteiger partial charge in [0, 0.05) is 23.5 Å². The molecule has 0 aliphatic rings. The van der Waals surface area contributed by atoms with Crippen molar-refractivity contribution in [2.45, 2.75) is 0 Å². The van der Waals surface area contributed by atoms with Gasteiger partial charge in [-0.05, 0) is 59.7 Å². The molecule has 0 spiro atoms. The van der Waals surface area contributed by atoms with Crippen molar-refractivity contribution in [2.24, 2.45) is 0 Å². The van der Waals surface area contributed by atoms with Crippen LogP contribution < -0.4 is 20.9 Å². The molecular formula is C26H20N2O6. The number of hydrogen-bond donors (Lipinski definition) is 4. The van der Waals surface area contributed by atoms with Crippen LogP contribution in [0.2, 0.25) is 0 Å². The second-order valence-electron chi connectivity index (χ2n) is 7.38. The number of ether oxygens (including phenoxy) is 2. The van der Waals surface area contributed by atoms with E-state index >= 15 is 0 Å². The summed E-state index contributed by atoms with van der Waals surface area (Å²) in [7, 11) is 0. The van der Waals surface area contributed by atoms with E-state index in [-0.39, 0.29) is 22.6 Å². The number of nitrogen functional groups attached to an aromatic ring is 2. The van der Waals surface area contributed by atoms with Crippen molar-refractivity contribution in [1.82, 2.24) is 0 Å². The molecule has 0 saturated carbocycles. The zero-order valence-corrected chi connectivity index (χ0v) is 17.8. The van der Waals surface area contributed by atoms with Crippen LogP contribution >= 0.6 is 0 Å². The summed E-state index contributed by atoms with van der Waals surface area (Å²) in [4.78, 5) is 23.8. The maximum Gasteiger partial charge on any atom is 0.339 e. The van der Waals surface area contributed by atoms with Crippen LogP contribution in [0.3, 0.4) is 0 Å². The summed E-state index contributed by atoms with van der Waals surface area (Å²) in [5, 5.41) is 19.4. The van der Waals surface area contributed by atoms with E-state index in [9.17, 15) is 19.8 Å². The fourth-order valence-electron chi connectivity index (χ4n) is 3.34. The maximum atomic E-state index is 11.9. The maximum absolute atomic E-state index is 11.9. The SMILES string of the molecule is Nc1cccc(Oc2ccc(-c3ccc(Oc4cccc(N)c4)c(C(=O)O)c3)cc2C(=O)O)c1. The van der Waals surface area contributed by atoms with E-state index in [0.717, 1.165) is 0 Å². The van der Waals surface area contributed by atoms with Crippen molar-refractivity contribution in [3.63, 3.8) is 0 Å². The lowest BCUT2D eigenvalue weighted by Crippen LogP contribution is -2.02. The van der Waals surface area contributed by atoms with Crippen LogP contribution in [0.1, 0.15) is 20.7 Å². The Kier molecular flexibility index (Phi) is 6.05. The molecule has 0 saturated heterocycles. The van der Waals surface area contributed by atoms with Gasteiger partial charge in [-0.25, -0.2) is 9.59 Å². The van der Waals surface area contributed by atoms with Crippen molar-refractivity contribution in [1.29, 1.82) is 0 Å². The first-order valence-electron chi connectivity index (χ1n) is 10.1. The van der Waals surface area contributed by atoms with E-state index in [4.69, 9.17) is 20.9 Å². The smallest absolute Gasteiger partial charge is 0.339 e. The molecule has 0 bridgehead atoms. The minimum atomic E-state index is -1.19. The molecule has 0 amide bonds. The van der Waals surface area contributed by atoms with E-state index in [1.807, 2.05) is 0 Å². The molecule has 4 rings (SSSR count). The van der Waals surface area contributed by atoms with Crippen molar-refractivity contribution in [3.8, 4) is 34.1 Å². The highest BCUT2D eigenvalue weighted by molar-refractivity contribution is 5.95. The molecule has 4 aromatic rings. The summed E-state index contributed by atoms with van der Waals surface area (Å²) >= 11 is 0. The van der Waals surface area contributed by atoms with Gasteiger partial charge in [0.15, 0.2) is 0 Å². The monoisotopic (exact) mass is 456 g/mol. The van der Waals surface area contributed by atoms with Gasteiger partial charge in [-0.3, -0.25) is 0 Å². The molecule has 0 unspecified atom stereocenters. The Hall–Kier alpha value is -4.98. The lowest BCUT2D eigenvalue weighted by molar-refractivity contribution is 0.0683. The normalized spacial score (nSPS) is 10.5. The fraction of sp³-hybridized carbons (Fsp3) is 0. The van der Waals surface area contributed by atoms with Crippen molar-refractivity contribution < 1.29 is 29.3 Å². The molecule has 0 radical (unpaired) electrons. The molecule has 0 fully saturated rings. The summed E-state index contributed by atoms with van der Waals surface area (Å²) in [6.07, 6.45) is 0. The van der Waals surface area contributed by atoms with E-state index < -0.39 is 11.9 Å². The Morgan fingerprint density at radius 1 is 0.588 bits per heavy atom. The van der Waals surface area contributed by atoms with Gasteiger partial charge in [-0.1, -0.05) is 24.3 Å². The highest BCUT2D eigenvalue weighted by Gasteiger charge is 2.17. The molecule has 8 heteroatoms. The van der Waals surface area contributed by atoms with Crippen molar-refractivity contribution in [2.75, 3.05) is 11.5 Å².